The van der Waals surface area contributed by atoms with Gasteiger partial charge in [0.05, 0.1) is 5.75 Å². The van der Waals surface area contributed by atoms with Crippen molar-refractivity contribution in [2.24, 2.45) is 0 Å². The van der Waals surface area contributed by atoms with Gasteiger partial charge in [-0.25, -0.2) is 8.42 Å². The molecule has 116 valence electrons. The van der Waals surface area contributed by atoms with Crippen LogP contribution in [0.4, 0.5) is 0 Å². The quantitative estimate of drug-likeness (QED) is 0.766. The fraction of sp³-hybridized carbons (Fsp3) is 0.846. The zero-order valence-electron chi connectivity index (χ0n) is 12.6. The summed E-state index contributed by atoms with van der Waals surface area (Å²) < 4.78 is 22.6. The van der Waals surface area contributed by atoms with Crippen LogP contribution in [0.3, 0.4) is 0 Å². The third kappa shape index (κ3) is 3.31. The molecular weight excluding hydrogens is 280 g/mol. The number of nitrogens with one attached hydrogen (secondary N) is 1. The maximum absolute atomic E-state index is 12.7. The zero-order valence-corrected chi connectivity index (χ0v) is 13.4. The molecule has 0 aromatic rings. The highest BCUT2D eigenvalue weighted by atomic mass is 32.2. The second kappa shape index (κ2) is 6.11. The molecule has 1 unspecified atom stereocenters. The highest BCUT2D eigenvalue weighted by molar-refractivity contribution is 7.90. The SMILES string of the molecule is CCC1C(=O)NC(CC)(CC)C(=O)N1CCS(C)(=O)=O. The highest BCUT2D eigenvalue weighted by Crippen LogP contribution is 2.26. The van der Waals surface area contributed by atoms with Crippen molar-refractivity contribution < 1.29 is 18.0 Å². The molecule has 0 aromatic carbocycles. The summed E-state index contributed by atoms with van der Waals surface area (Å²) in [5.74, 6) is -0.478. The molecule has 6 nitrogen and oxygen atoms in total. The summed E-state index contributed by atoms with van der Waals surface area (Å²) in [4.78, 5) is 26.3. The van der Waals surface area contributed by atoms with Crippen molar-refractivity contribution in [2.75, 3.05) is 18.6 Å². The van der Waals surface area contributed by atoms with Crippen LogP contribution in [0, 0.1) is 0 Å². The number of rotatable bonds is 6. The molecule has 1 saturated heterocycles. The summed E-state index contributed by atoms with van der Waals surface area (Å²) in [6.07, 6.45) is 2.61. The third-order valence-corrected chi connectivity index (χ3v) is 4.93. The van der Waals surface area contributed by atoms with E-state index in [1.807, 2.05) is 20.8 Å². The number of sulfone groups is 1. The van der Waals surface area contributed by atoms with Gasteiger partial charge in [0.1, 0.15) is 21.4 Å². The predicted octanol–water partition coefficient (Wildman–Crippen LogP) is 0.327. The first-order chi connectivity index (χ1) is 9.20. The second-order valence-electron chi connectivity index (χ2n) is 5.33. The first-order valence-corrected chi connectivity index (χ1v) is 9.07. The van der Waals surface area contributed by atoms with Gasteiger partial charge in [-0.05, 0) is 19.3 Å². The van der Waals surface area contributed by atoms with Crippen molar-refractivity contribution in [3.8, 4) is 0 Å². The molecule has 0 radical (unpaired) electrons. The summed E-state index contributed by atoms with van der Waals surface area (Å²) >= 11 is 0. The number of carbonyl (C=O) groups excluding carboxylic acids is 2. The minimum Gasteiger partial charge on any atom is -0.340 e. The van der Waals surface area contributed by atoms with Crippen LogP contribution in [0.5, 0.6) is 0 Å². The lowest BCUT2D eigenvalue weighted by atomic mass is 9.86. The Morgan fingerprint density at radius 3 is 2.15 bits per heavy atom. The van der Waals surface area contributed by atoms with Gasteiger partial charge in [0.15, 0.2) is 0 Å². The lowest BCUT2D eigenvalue weighted by Gasteiger charge is -2.45. The fourth-order valence-corrected chi connectivity index (χ4v) is 3.12. The van der Waals surface area contributed by atoms with Gasteiger partial charge < -0.3 is 10.2 Å². The summed E-state index contributed by atoms with van der Waals surface area (Å²) in [7, 11) is -3.17. The maximum atomic E-state index is 12.7. The molecule has 0 aliphatic carbocycles. The van der Waals surface area contributed by atoms with E-state index in [1.165, 1.54) is 4.90 Å². The van der Waals surface area contributed by atoms with E-state index in [0.717, 1.165) is 6.26 Å². The van der Waals surface area contributed by atoms with Crippen LogP contribution >= 0.6 is 0 Å². The molecule has 0 bridgehead atoms. The van der Waals surface area contributed by atoms with Crippen molar-refractivity contribution in [2.45, 2.75) is 51.6 Å². The van der Waals surface area contributed by atoms with Gasteiger partial charge in [-0.3, -0.25) is 9.59 Å². The fourth-order valence-electron chi connectivity index (χ4n) is 2.59. The van der Waals surface area contributed by atoms with Crippen LogP contribution in [-0.4, -0.2) is 55.3 Å². The van der Waals surface area contributed by atoms with Crippen LogP contribution in [-0.2, 0) is 19.4 Å². The van der Waals surface area contributed by atoms with E-state index < -0.39 is 21.4 Å². The summed E-state index contributed by atoms with van der Waals surface area (Å²) in [6, 6.07) is -0.574. The monoisotopic (exact) mass is 304 g/mol. The summed E-state index contributed by atoms with van der Waals surface area (Å²) in [6.45, 7) is 5.59. The molecule has 1 N–H and O–H groups in total. The van der Waals surface area contributed by atoms with E-state index in [1.54, 1.807) is 0 Å². The molecule has 1 fully saturated rings. The average molecular weight is 304 g/mol. The van der Waals surface area contributed by atoms with E-state index in [4.69, 9.17) is 0 Å². The van der Waals surface area contributed by atoms with Crippen molar-refractivity contribution >= 4 is 21.7 Å². The number of carbonyl (C=O) groups is 2. The van der Waals surface area contributed by atoms with Gasteiger partial charge in [0.2, 0.25) is 11.8 Å². The molecule has 1 atom stereocenters. The van der Waals surface area contributed by atoms with E-state index in [0.29, 0.717) is 19.3 Å². The van der Waals surface area contributed by atoms with Gasteiger partial charge in [-0.2, -0.15) is 0 Å². The Bertz CT molecular complexity index is 483. The summed E-state index contributed by atoms with van der Waals surface area (Å²) in [5.41, 5.74) is -0.889. The van der Waals surface area contributed by atoms with Crippen molar-refractivity contribution in [1.29, 1.82) is 0 Å². The van der Waals surface area contributed by atoms with E-state index in [2.05, 4.69) is 5.32 Å². The Balaban J connectivity index is 3.06. The molecule has 0 saturated carbocycles. The van der Waals surface area contributed by atoms with Crippen LogP contribution in [0.1, 0.15) is 40.0 Å². The second-order valence-corrected chi connectivity index (χ2v) is 7.59. The minimum absolute atomic E-state index is 0.0747. The van der Waals surface area contributed by atoms with Gasteiger partial charge in [-0.15, -0.1) is 0 Å². The highest BCUT2D eigenvalue weighted by Gasteiger charge is 2.48. The van der Waals surface area contributed by atoms with E-state index in [9.17, 15) is 18.0 Å². The molecule has 1 aliphatic heterocycles. The van der Waals surface area contributed by atoms with Crippen molar-refractivity contribution in [3.63, 3.8) is 0 Å². The van der Waals surface area contributed by atoms with E-state index in [-0.39, 0.29) is 24.1 Å². The third-order valence-electron chi connectivity index (χ3n) is 4.01. The van der Waals surface area contributed by atoms with Crippen molar-refractivity contribution in [1.82, 2.24) is 10.2 Å². The molecule has 2 amide bonds. The number of hydrogen-bond donors (Lipinski definition) is 1. The van der Waals surface area contributed by atoms with Crippen molar-refractivity contribution in [3.05, 3.63) is 0 Å². The predicted molar refractivity (Wildman–Crippen MR) is 77.0 cm³/mol. The minimum atomic E-state index is -3.17. The number of piperazine rings is 1. The Morgan fingerprint density at radius 1 is 1.20 bits per heavy atom. The Labute approximate surface area is 120 Å². The van der Waals surface area contributed by atoms with Crippen LogP contribution in [0.25, 0.3) is 0 Å². The lowest BCUT2D eigenvalue weighted by Crippen LogP contribution is -2.70. The first-order valence-electron chi connectivity index (χ1n) is 7.01. The molecule has 1 rings (SSSR count). The largest absolute Gasteiger partial charge is 0.340 e. The topological polar surface area (TPSA) is 83.6 Å². The molecular formula is C13H24N2O4S. The Hall–Kier alpha value is -1.11. The normalized spacial score (nSPS) is 22.8. The van der Waals surface area contributed by atoms with E-state index >= 15 is 0 Å². The van der Waals surface area contributed by atoms with Crippen LogP contribution in [0.15, 0.2) is 0 Å². The molecule has 0 aromatic heterocycles. The number of hydrogen-bond acceptors (Lipinski definition) is 4. The van der Waals surface area contributed by atoms with Gasteiger partial charge in [-0.1, -0.05) is 20.8 Å². The zero-order chi connectivity index (χ0) is 15.6. The summed E-state index contributed by atoms with van der Waals surface area (Å²) in [5, 5.41) is 2.83. The van der Waals surface area contributed by atoms with Gasteiger partial charge in [0.25, 0.3) is 0 Å². The van der Waals surface area contributed by atoms with Gasteiger partial charge in [0, 0.05) is 12.8 Å². The van der Waals surface area contributed by atoms with Gasteiger partial charge >= 0.3 is 0 Å². The van der Waals surface area contributed by atoms with Crippen LogP contribution < -0.4 is 5.32 Å². The molecule has 20 heavy (non-hydrogen) atoms. The lowest BCUT2D eigenvalue weighted by molar-refractivity contribution is -0.155. The molecule has 1 heterocycles. The average Bonchev–Trinajstić information content (AvgIpc) is 2.38. The first kappa shape index (κ1) is 16.9. The Morgan fingerprint density at radius 2 is 1.75 bits per heavy atom. The number of amides is 2. The van der Waals surface area contributed by atoms with Crippen LogP contribution in [0.2, 0.25) is 0 Å². The molecule has 1 aliphatic rings. The molecule has 0 spiro atoms. The number of nitrogens with zero attached hydrogens (tertiary/aromatic N) is 1. The molecule has 7 heteroatoms. The maximum Gasteiger partial charge on any atom is 0.249 e. The Kier molecular flexibility index (Phi) is 5.18. The smallest absolute Gasteiger partial charge is 0.249 e. The standard InChI is InChI=1S/C13H24N2O4S/c1-5-10-11(16)14-13(6-2,7-3)12(17)15(10)8-9-20(4,18)19/h10H,5-9H2,1-4H3,(H,14,16).